The minimum Gasteiger partial charge on any atom is -0.371 e. The summed E-state index contributed by atoms with van der Waals surface area (Å²) in [4.78, 5) is 17.4. The van der Waals surface area contributed by atoms with Gasteiger partial charge in [-0.3, -0.25) is 4.79 Å². The van der Waals surface area contributed by atoms with Crippen molar-refractivity contribution in [2.24, 2.45) is 0 Å². The minimum absolute atomic E-state index is 0.429. The summed E-state index contributed by atoms with van der Waals surface area (Å²) >= 11 is 0. The van der Waals surface area contributed by atoms with Gasteiger partial charge in [-0.15, -0.1) is 0 Å². The first-order chi connectivity index (χ1) is 6.16. The van der Waals surface area contributed by atoms with Gasteiger partial charge in [0.15, 0.2) is 6.29 Å². The van der Waals surface area contributed by atoms with Crippen LogP contribution in [0.4, 0.5) is 0 Å². The number of aromatic nitrogens is 2. The summed E-state index contributed by atoms with van der Waals surface area (Å²) in [6.07, 6.45) is 3.05. The van der Waals surface area contributed by atoms with Gasteiger partial charge in [0.05, 0.1) is 11.9 Å². The lowest BCUT2D eigenvalue weighted by Gasteiger charge is -2.23. The van der Waals surface area contributed by atoms with E-state index < -0.39 is 5.60 Å². The third-order valence-corrected chi connectivity index (χ3v) is 2.35. The number of nitrogens with one attached hydrogen (secondary N) is 1. The smallest absolute Gasteiger partial charge is 0.167 e. The van der Waals surface area contributed by atoms with Gasteiger partial charge in [-0.1, -0.05) is 6.92 Å². The fraction of sp³-hybridized carbons (Fsp3) is 0.556. The second kappa shape index (κ2) is 3.70. The van der Waals surface area contributed by atoms with E-state index >= 15 is 0 Å². The van der Waals surface area contributed by atoms with E-state index in [9.17, 15) is 4.79 Å². The molecule has 0 fully saturated rings. The van der Waals surface area contributed by atoms with Crippen LogP contribution in [0.1, 0.15) is 36.6 Å². The van der Waals surface area contributed by atoms with E-state index in [1.165, 1.54) is 6.20 Å². The van der Waals surface area contributed by atoms with Gasteiger partial charge in [-0.25, -0.2) is 4.98 Å². The number of aromatic amines is 1. The van der Waals surface area contributed by atoms with Crippen molar-refractivity contribution in [3.63, 3.8) is 0 Å². The molecule has 13 heavy (non-hydrogen) atoms. The van der Waals surface area contributed by atoms with E-state index in [0.29, 0.717) is 11.5 Å². The number of hydrogen-bond acceptors (Lipinski definition) is 3. The molecule has 1 atom stereocenters. The van der Waals surface area contributed by atoms with Crippen LogP contribution in [0.2, 0.25) is 0 Å². The van der Waals surface area contributed by atoms with E-state index in [1.54, 1.807) is 7.11 Å². The zero-order valence-electron chi connectivity index (χ0n) is 8.13. The Kier molecular flexibility index (Phi) is 2.83. The number of rotatable bonds is 4. The maximum Gasteiger partial charge on any atom is 0.167 e. The maximum atomic E-state index is 10.4. The van der Waals surface area contributed by atoms with E-state index in [0.717, 1.165) is 12.7 Å². The minimum atomic E-state index is -0.429. The maximum absolute atomic E-state index is 10.4. The molecular formula is C9H14N2O2. The van der Waals surface area contributed by atoms with Gasteiger partial charge in [0.2, 0.25) is 0 Å². The van der Waals surface area contributed by atoms with Crippen molar-refractivity contribution in [1.29, 1.82) is 0 Å². The molecule has 0 amide bonds. The van der Waals surface area contributed by atoms with Gasteiger partial charge in [0.1, 0.15) is 11.4 Å². The van der Waals surface area contributed by atoms with Crippen molar-refractivity contribution in [2.75, 3.05) is 7.11 Å². The second-order valence-corrected chi connectivity index (χ2v) is 3.09. The highest BCUT2D eigenvalue weighted by atomic mass is 16.5. The summed E-state index contributed by atoms with van der Waals surface area (Å²) in [5.74, 6) is 0.694. The van der Waals surface area contributed by atoms with E-state index in [1.807, 2.05) is 13.8 Å². The molecule has 1 heterocycles. The van der Waals surface area contributed by atoms with Crippen molar-refractivity contribution < 1.29 is 9.53 Å². The third kappa shape index (κ3) is 1.78. The number of imidazole rings is 1. The molecule has 4 heteroatoms. The summed E-state index contributed by atoms with van der Waals surface area (Å²) < 4.78 is 5.32. The Morgan fingerprint density at radius 1 is 1.77 bits per heavy atom. The lowest BCUT2D eigenvalue weighted by molar-refractivity contribution is -0.00832. The zero-order chi connectivity index (χ0) is 9.90. The van der Waals surface area contributed by atoms with Gasteiger partial charge < -0.3 is 9.72 Å². The van der Waals surface area contributed by atoms with Gasteiger partial charge >= 0.3 is 0 Å². The first-order valence-corrected chi connectivity index (χ1v) is 4.22. The third-order valence-electron chi connectivity index (χ3n) is 2.35. The van der Waals surface area contributed by atoms with E-state index in [2.05, 4.69) is 9.97 Å². The second-order valence-electron chi connectivity index (χ2n) is 3.09. The first kappa shape index (κ1) is 9.92. The van der Waals surface area contributed by atoms with Crippen LogP contribution in [-0.4, -0.2) is 23.4 Å². The number of methoxy groups -OCH3 is 1. The molecule has 72 valence electrons. The molecule has 0 radical (unpaired) electrons. The predicted octanol–water partition coefficient (Wildman–Crippen LogP) is 1.49. The molecule has 0 aliphatic rings. The van der Waals surface area contributed by atoms with Crippen LogP contribution in [0.3, 0.4) is 0 Å². The molecule has 0 saturated heterocycles. The summed E-state index contributed by atoms with van der Waals surface area (Å²) in [6.45, 7) is 3.94. The summed E-state index contributed by atoms with van der Waals surface area (Å²) in [5.41, 5.74) is 0.0491. The number of carbonyl (C=O) groups is 1. The van der Waals surface area contributed by atoms with E-state index in [4.69, 9.17) is 4.74 Å². The fourth-order valence-electron chi connectivity index (χ4n) is 1.07. The number of carbonyl (C=O) groups excluding carboxylic acids is 1. The molecule has 1 aromatic rings. The van der Waals surface area contributed by atoms with Gasteiger partial charge in [-0.2, -0.15) is 0 Å². The highest BCUT2D eigenvalue weighted by Gasteiger charge is 2.26. The molecule has 0 aliphatic carbocycles. The lowest BCUT2D eigenvalue weighted by Crippen LogP contribution is -2.24. The molecule has 0 aliphatic heterocycles. The Hall–Kier alpha value is -1.16. The Morgan fingerprint density at radius 3 is 2.85 bits per heavy atom. The Balaban J connectivity index is 2.98. The van der Waals surface area contributed by atoms with Crippen LogP contribution in [-0.2, 0) is 10.3 Å². The van der Waals surface area contributed by atoms with Crippen LogP contribution in [0.5, 0.6) is 0 Å². The number of H-pyrrole nitrogens is 1. The topological polar surface area (TPSA) is 55.0 Å². The van der Waals surface area contributed by atoms with Crippen LogP contribution < -0.4 is 0 Å². The van der Waals surface area contributed by atoms with Crippen LogP contribution >= 0.6 is 0 Å². The number of ether oxygens (including phenoxy) is 1. The zero-order valence-corrected chi connectivity index (χ0v) is 8.13. The molecule has 0 bridgehead atoms. The molecule has 1 N–H and O–H groups in total. The fourth-order valence-corrected chi connectivity index (χ4v) is 1.07. The standard InChI is InChI=1S/C9H14N2O2/c1-4-9(2,13-3)8-10-5-7(6-12)11-8/h5-6H,4H2,1-3H3,(H,10,11). The summed E-state index contributed by atoms with van der Waals surface area (Å²) in [6, 6.07) is 0. The predicted molar refractivity (Wildman–Crippen MR) is 48.6 cm³/mol. The Bertz CT molecular complexity index is 290. The molecule has 0 saturated carbocycles. The van der Waals surface area contributed by atoms with Crippen molar-refractivity contribution in [1.82, 2.24) is 9.97 Å². The van der Waals surface area contributed by atoms with E-state index in [-0.39, 0.29) is 0 Å². The average molecular weight is 182 g/mol. The molecule has 0 aromatic carbocycles. The van der Waals surface area contributed by atoms with Crippen molar-refractivity contribution >= 4 is 6.29 Å². The van der Waals surface area contributed by atoms with Crippen molar-refractivity contribution in [3.8, 4) is 0 Å². The largest absolute Gasteiger partial charge is 0.371 e. The molecular weight excluding hydrogens is 168 g/mol. The quantitative estimate of drug-likeness (QED) is 0.718. The molecule has 1 unspecified atom stereocenters. The Labute approximate surface area is 77.3 Å². The van der Waals surface area contributed by atoms with Crippen LogP contribution in [0.15, 0.2) is 6.20 Å². The number of hydrogen-bond donors (Lipinski definition) is 1. The molecule has 1 aromatic heterocycles. The first-order valence-electron chi connectivity index (χ1n) is 4.22. The van der Waals surface area contributed by atoms with Crippen molar-refractivity contribution in [2.45, 2.75) is 25.9 Å². The molecule has 4 nitrogen and oxygen atoms in total. The Morgan fingerprint density at radius 2 is 2.46 bits per heavy atom. The number of aldehydes is 1. The highest BCUT2D eigenvalue weighted by molar-refractivity contribution is 5.71. The SMILES string of the molecule is CCC(C)(OC)c1ncc(C=O)[nH]1. The monoisotopic (exact) mass is 182 g/mol. The highest BCUT2D eigenvalue weighted by Crippen LogP contribution is 2.24. The van der Waals surface area contributed by atoms with Gasteiger partial charge in [-0.05, 0) is 13.3 Å². The van der Waals surface area contributed by atoms with Gasteiger partial charge in [0.25, 0.3) is 0 Å². The van der Waals surface area contributed by atoms with Crippen molar-refractivity contribution in [3.05, 3.63) is 17.7 Å². The average Bonchev–Trinajstić information content (AvgIpc) is 2.65. The lowest BCUT2D eigenvalue weighted by atomic mass is 10.0. The normalized spacial score (nSPS) is 15.3. The molecule has 1 rings (SSSR count). The van der Waals surface area contributed by atoms with Crippen LogP contribution in [0, 0.1) is 0 Å². The number of nitrogens with zero attached hydrogens (tertiary/aromatic N) is 1. The van der Waals surface area contributed by atoms with Gasteiger partial charge in [0, 0.05) is 7.11 Å². The van der Waals surface area contributed by atoms with Crippen LogP contribution in [0.25, 0.3) is 0 Å². The molecule has 0 spiro atoms. The summed E-state index contributed by atoms with van der Waals surface area (Å²) in [5, 5.41) is 0. The summed E-state index contributed by atoms with van der Waals surface area (Å²) in [7, 11) is 1.63.